The van der Waals surface area contributed by atoms with Gasteiger partial charge in [0.05, 0.1) is 11.7 Å². The lowest BCUT2D eigenvalue weighted by Crippen LogP contribution is -2.67. The minimum atomic E-state index is -1.19. The molecular formula is C14H24O4. The highest BCUT2D eigenvalue weighted by atomic mass is 16.6. The van der Waals surface area contributed by atoms with Crippen molar-refractivity contribution in [2.75, 3.05) is 0 Å². The lowest BCUT2D eigenvalue weighted by atomic mass is 9.52. The largest absolute Gasteiger partial charge is 0.392 e. The maximum Gasteiger partial charge on any atom is 0.122 e. The van der Waals surface area contributed by atoms with Gasteiger partial charge in [-0.3, -0.25) is 0 Å². The Balaban J connectivity index is 2.14. The highest BCUT2D eigenvalue weighted by Crippen LogP contribution is 2.65. The first-order valence-electron chi connectivity index (χ1n) is 6.98. The van der Waals surface area contributed by atoms with E-state index in [1.165, 1.54) is 0 Å². The molecule has 3 N–H and O–H groups in total. The summed E-state index contributed by atoms with van der Waals surface area (Å²) >= 11 is 0. The van der Waals surface area contributed by atoms with E-state index in [2.05, 4.69) is 0 Å². The molecule has 0 aromatic rings. The van der Waals surface area contributed by atoms with Crippen LogP contribution >= 0.6 is 0 Å². The minimum Gasteiger partial charge on any atom is -0.392 e. The molecule has 18 heavy (non-hydrogen) atoms. The summed E-state index contributed by atoms with van der Waals surface area (Å²) in [5, 5.41) is 31.9. The van der Waals surface area contributed by atoms with E-state index in [4.69, 9.17) is 4.74 Å². The molecule has 3 aliphatic rings. The molecule has 3 rings (SSSR count). The second-order valence-electron chi connectivity index (χ2n) is 7.15. The molecule has 0 amide bonds. The summed E-state index contributed by atoms with van der Waals surface area (Å²) in [6.45, 7) is 5.69. The second-order valence-corrected chi connectivity index (χ2v) is 7.15. The molecule has 2 bridgehead atoms. The molecule has 1 aliphatic heterocycles. The van der Waals surface area contributed by atoms with E-state index in [0.29, 0.717) is 19.3 Å². The Morgan fingerprint density at radius 2 is 1.72 bits per heavy atom. The molecule has 104 valence electrons. The predicted octanol–water partition coefficient (Wildman–Crippen LogP) is 0.971. The third-order valence-electron chi connectivity index (χ3n) is 6.13. The van der Waals surface area contributed by atoms with Crippen LogP contribution in [0.25, 0.3) is 0 Å². The zero-order valence-corrected chi connectivity index (χ0v) is 11.4. The maximum absolute atomic E-state index is 10.8. The van der Waals surface area contributed by atoms with E-state index in [-0.39, 0.29) is 0 Å². The molecule has 0 aromatic heterocycles. The Bertz CT molecular complexity index is 382. The average Bonchev–Trinajstić information content (AvgIpc) is 2.38. The Labute approximate surface area is 108 Å². The highest BCUT2D eigenvalue weighted by molar-refractivity contribution is 5.25. The van der Waals surface area contributed by atoms with Crippen molar-refractivity contribution in [2.45, 2.75) is 81.9 Å². The molecule has 0 unspecified atom stereocenters. The molecule has 0 aromatic carbocycles. The zero-order chi connectivity index (χ0) is 13.4. The van der Waals surface area contributed by atoms with Crippen LogP contribution in [0.1, 0.15) is 52.9 Å². The van der Waals surface area contributed by atoms with Gasteiger partial charge in [-0.1, -0.05) is 6.92 Å². The summed E-state index contributed by atoms with van der Waals surface area (Å²) < 4.78 is 6.19. The molecule has 1 spiro atoms. The number of rotatable bonds is 0. The van der Waals surface area contributed by atoms with E-state index in [9.17, 15) is 15.3 Å². The van der Waals surface area contributed by atoms with Gasteiger partial charge < -0.3 is 20.1 Å². The van der Waals surface area contributed by atoms with E-state index < -0.39 is 34.4 Å². The number of fused-ring (bicyclic) bond motifs is 1. The van der Waals surface area contributed by atoms with E-state index in [1.54, 1.807) is 0 Å². The fraction of sp³-hybridized carbons (Fsp3) is 1.00. The topological polar surface area (TPSA) is 69.9 Å². The number of hydrogen-bond acceptors (Lipinski definition) is 4. The summed E-state index contributed by atoms with van der Waals surface area (Å²) in [4.78, 5) is 0. The van der Waals surface area contributed by atoms with Crippen LogP contribution in [0, 0.1) is 5.41 Å². The van der Waals surface area contributed by atoms with Gasteiger partial charge in [0.1, 0.15) is 17.3 Å². The van der Waals surface area contributed by atoms with Gasteiger partial charge in [0, 0.05) is 5.41 Å². The molecule has 0 radical (unpaired) electrons. The molecule has 4 nitrogen and oxygen atoms in total. The quantitative estimate of drug-likeness (QED) is 0.604. The molecule has 1 heterocycles. The molecular weight excluding hydrogens is 232 g/mol. The normalized spacial score (nSPS) is 58.3. The molecule has 2 aliphatic carbocycles. The number of aliphatic hydroxyl groups is 3. The lowest BCUT2D eigenvalue weighted by Gasteiger charge is -2.56. The summed E-state index contributed by atoms with van der Waals surface area (Å²) in [6.07, 6.45) is 2.12. The first kappa shape index (κ1) is 12.9. The smallest absolute Gasteiger partial charge is 0.122 e. The molecule has 1 saturated heterocycles. The zero-order valence-electron chi connectivity index (χ0n) is 11.4. The third-order valence-corrected chi connectivity index (χ3v) is 6.13. The van der Waals surface area contributed by atoms with Crippen molar-refractivity contribution in [3.63, 3.8) is 0 Å². The predicted molar refractivity (Wildman–Crippen MR) is 66.1 cm³/mol. The van der Waals surface area contributed by atoms with Gasteiger partial charge in [0.15, 0.2) is 0 Å². The van der Waals surface area contributed by atoms with Gasteiger partial charge in [-0.2, -0.15) is 0 Å². The van der Waals surface area contributed by atoms with Crippen molar-refractivity contribution in [3.8, 4) is 0 Å². The number of aliphatic hydroxyl groups excluding tert-OH is 2. The van der Waals surface area contributed by atoms with Crippen LogP contribution in [-0.2, 0) is 4.74 Å². The van der Waals surface area contributed by atoms with Gasteiger partial charge in [0.25, 0.3) is 0 Å². The summed E-state index contributed by atoms with van der Waals surface area (Å²) in [6, 6.07) is 0. The first-order chi connectivity index (χ1) is 8.20. The SMILES string of the molecule is CC1(C)O[C@@]23CCC[C@H](O)[C@@]2(C)CC[C@]1(O)[C@H]3O. The van der Waals surface area contributed by atoms with Gasteiger partial charge in [-0.15, -0.1) is 0 Å². The minimum absolute atomic E-state index is 0.454. The summed E-state index contributed by atoms with van der Waals surface area (Å²) in [7, 11) is 0. The Morgan fingerprint density at radius 1 is 1.06 bits per heavy atom. The fourth-order valence-corrected chi connectivity index (χ4v) is 4.64. The molecule has 3 fully saturated rings. The van der Waals surface area contributed by atoms with Gasteiger partial charge >= 0.3 is 0 Å². The van der Waals surface area contributed by atoms with E-state index in [1.807, 2.05) is 20.8 Å². The van der Waals surface area contributed by atoms with Crippen LogP contribution in [-0.4, -0.2) is 44.3 Å². The second kappa shape index (κ2) is 3.29. The maximum atomic E-state index is 10.8. The monoisotopic (exact) mass is 256 g/mol. The molecule has 2 saturated carbocycles. The van der Waals surface area contributed by atoms with Crippen LogP contribution in [0.4, 0.5) is 0 Å². The lowest BCUT2D eigenvalue weighted by molar-refractivity contribution is -0.235. The molecule has 4 heteroatoms. The van der Waals surface area contributed by atoms with Crippen molar-refractivity contribution in [2.24, 2.45) is 5.41 Å². The fourth-order valence-electron chi connectivity index (χ4n) is 4.64. The van der Waals surface area contributed by atoms with Gasteiger partial charge in [-0.25, -0.2) is 0 Å². The van der Waals surface area contributed by atoms with Crippen molar-refractivity contribution < 1.29 is 20.1 Å². The average molecular weight is 256 g/mol. The summed E-state index contributed by atoms with van der Waals surface area (Å²) in [5.41, 5.74) is -3.20. The van der Waals surface area contributed by atoms with Crippen molar-refractivity contribution in [1.82, 2.24) is 0 Å². The Morgan fingerprint density at radius 3 is 2.39 bits per heavy atom. The van der Waals surface area contributed by atoms with Crippen molar-refractivity contribution >= 4 is 0 Å². The van der Waals surface area contributed by atoms with Crippen molar-refractivity contribution in [3.05, 3.63) is 0 Å². The number of ether oxygens (including phenoxy) is 1. The van der Waals surface area contributed by atoms with Gasteiger partial charge in [0.2, 0.25) is 0 Å². The van der Waals surface area contributed by atoms with E-state index >= 15 is 0 Å². The van der Waals surface area contributed by atoms with Crippen LogP contribution in [0.5, 0.6) is 0 Å². The first-order valence-corrected chi connectivity index (χ1v) is 6.98. The van der Waals surface area contributed by atoms with Crippen LogP contribution in [0.2, 0.25) is 0 Å². The third kappa shape index (κ3) is 1.12. The van der Waals surface area contributed by atoms with Crippen LogP contribution < -0.4 is 0 Å². The van der Waals surface area contributed by atoms with Gasteiger partial charge in [-0.05, 0) is 46.0 Å². The molecule has 5 atom stereocenters. The van der Waals surface area contributed by atoms with Crippen LogP contribution in [0.15, 0.2) is 0 Å². The Kier molecular flexibility index (Phi) is 2.35. The van der Waals surface area contributed by atoms with Crippen LogP contribution in [0.3, 0.4) is 0 Å². The highest BCUT2D eigenvalue weighted by Gasteiger charge is 2.76. The van der Waals surface area contributed by atoms with Crippen molar-refractivity contribution in [1.29, 1.82) is 0 Å². The van der Waals surface area contributed by atoms with E-state index in [0.717, 1.165) is 12.8 Å². The number of hydrogen-bond donors (Lipinski definition) is 3. The summed E-state index contributed by atoms with van der Waals surface area (Å²) in [5.74, 6) is 0. The standard InChI is InChI=1S/C14H24O4/c1-11(2)13(17)8-7-12(3)9(15)5-4-6-14(12,18-11)10(13)16/h9-10,15-17H,4-8H2,1-3H3/t9-,10+,12+,13-,14+/m0/s1. The Hall–Kier alpha value is -0.160.